The van der Waals surface area contributed by atoms with Crippen LogP contribution in [0.25, 0.3) is 0 Å². The third-order valence-electron chi connectivity index (χ3n) is 5.83. The highest BCUT2D eigenvalue weighted by atomic mass is 127. The van der Waals surface area contributed by atoms with E-state index in [1.54, 1.807) is 7.05 Å². The average molecular weight is 522 g/mol. The summed E-state index contributed by atoms with van der Waals surface area (Å²) < 4.78 is 2.06. The molecule has 0 fully saturated rings. The molecule has 2 unspecified atom stereocenters. The monoisotopic (exact) mass is 522 g/mol. The largest absolute Gasteiger partial charge is 0.356 e. The van der Waals surface area contributed by atoms with Crippen molar-refractivity contribution in [2.45, 2.75) is 57.5 Å². The maximum atomic E-state index is 12.3. The zero-order chi connectivity index (χ0) is 20.4. The van der Waals surface area contributed by atoms with E-state index in [0.29, 0.717) is 18.6 Å². The van der Waals surface area contributed by atoms with E-state index in [2.05, 4.69) is 45.7 Å². The topological polar surface area (TPSA) is 83.3 Å². The van der Waals surface area contributed by atoms with Gasteiger partial charge in [0.25, 0.3) is 0 Å². The van der Waals surface area contributed by atoms with E-state index in [1.165, 1.54) is 11.3 Å². The lowest BCUT2D eigenvalue weighted by molar-refractivity contribution is -0.117. The van der Waals surface area contributed by atoms with E-state index >= 15 is 0 Å². The van der Waals surface area contributed by atoms with Crippen LogP contribution in [0.2, 0.25) is 0 Å². The van der Waals surface area contributed by atoms with E-state index in [1.807, 2.05) is 24.3 Å². The van der Waals surface area contributed by atoms with E-state index < -0.39 is 0 Å². The Morgan fingerprint density at radius 2 is 2.17 bits per heavy atom. The number of fused-ring (bicyclic) bond motifs is 2. The van der Waals surface area contributed by atoms with Crippen LogP contribution in [0.1, 0.15) is 55.5 Å². The number of hydrogen-bond donors (Lipinski definition) is 3. The van der Waals surface area contributed by atoms with Crippen LogP contribution in [0.3, 0.4) is 0 Å². The quantitative estimate of drug-likeness (QED) is 0.320. The van der Waals surface area contributed by atoms with Gasteiger partial charge in [0.05, 0.1) is 11.6 Å². The molecule has 0 saturated heterocycles. The van der Waals surface area contributed by atoms with Gasteiger partial charge in [-0.15, -0.1) is 24.0 Å². The van der Waals surface area contributed by atoms with Crippen LogP contribution in [-0.4, -0.2) is 41.3 Å². The zero-order valence-electron chi connectivity index (χ0n) is 17.8. The molecule has 1 amide bonds. The summed E-state index contributed by atoms with van der Waals surface area (Å²) in [7, 11) is 1.79. The second-order valence-corrected chi connectivity index (χ2v) is 8.18. The van der Waals surface area contributed by atoms with Gasteiger partial charge in [0.2, 0.25) is 5.91 Å². The van der Waals surface area contributed by atoms with Crippen molar-refractivity contribution in [2.24, 2.45) is 4.99 Å². The molecule has 2 heterocycles. The Morgan fingerprint density at radius 3 is 2.93 bits per heavy atom. The number of para-hydroxylation sites is 1. The summed E-state index contributed by atoms with van der Waals surface area (Å²) in [5.41, 5.74) is 4.58. The number of amides is 1. The smallest absolute Gasteiger partial charge is 0.232 e. The summed E-state index contributed by atoms with van der Waals surface area (Å²) in [4.78, 5) is 16.6. The molecule has 2 atom stereocenters. The van der Waals surface area contributed by atoms with Crippen LogP contribution in [0.15, 0.2) is 35.5 Å². The summed E-state index contributed by atoms with van der Waals surface area (Å²) in [6.45, 7) is 5.00. The van der Waals surface area contributed by atoms with E-state index in [9.17, 15) is 4.79 Å². The number of hydrogen-bond acceptors (Lipinski definition) is 3. The lowest BCUT2D eigenvalue weighted by Crippen LogP contribution is -2.46. The highest BCUT2D eigenvalue weighted by Crippen LogP contribution is 2.33. The van der Waals surface area contributed by atoms with Crippen LogP contribution in [-0.2, 0) is 17.6 Å². The van der Waals surface area contributed by atoms with Crippen molar-refractivity contribution in [1.29, 1.82) is 0 Å². The fraction of sp³-hybridized carbons (Fsp3) is 0.500. The molecule has 4 rings (SSSR count). The van der Waals surface area contributed by atoms with Crippen LogP contribution in [0.4, 0.5) is 5.69 Å². The number of aryl methyl sites for hydroxylation is 1. The molecule has 1 aliphatic carbocycles. The van der Waals surface area contributed by atoms with E-state index in [-0.39, 0.29) is 35.8 Å². The van der Waals surface area contributed by atoms with E-state index in [4.69, 9.17) is 5.10 Å². The Balaban J connectivity index is 0.00000256. The summed E-state index contributed by atoms with van der Waals surface area (Å²) in [5, 5.41) is 14.6. The number of aromatic nitrogens is 2. The lowest BCUT2D eigenvalue weighted by Gasteiger charge is -2.24. The van der Waals surface area contributed by atoms with Crippen molar-refractivity contribution in [1.82, 2.24) is 20.4 Å². The predicted octanol–water partition coefficient (Wildman–Crippen LogP) is 3.23. The molecular formula is C22H31IN6O. The number of rotatable bonds is 5. The summed E-state index contributed by atoms with van der Waals surface area (Å²) in [6.07, 6.45) is 5.94. The number of carbonyl (C=O) groups is 1. The number of nitrogens with zero attached hydrogens (tertiary/aromatic N) is 3. The maximum absolute atomic E-state index is 12.3. The molecule has 1 aromatic heterocycles. The highest BCUT2D eigenvalue weighted by Gasteiger charge is 2.29. The van der Waals surface area contributed by atoms with Gasteiger partial charge in [-0.05, 0) is 50.3 Å². The molecule has 30 heavy (non-hydrogen) atoms. The van der Waals surface area contributed by atoms with Gasteiger partial charge in [0.15, 0.2) is 5.96 Å². The van der Waals surface area contributed by atoms with Gasteiger partial charge in [0.1, 0.15) is 0 Å². The minimum Gasteiger partial charge on any atom is -0.356 e. The van der Waals surface area contributed by atoms with Gasteiger partial charge >= 0.3 is 0 Å². The molecule has 0 bridgehead atoms. The third kappa shape index (κ3) is 4.79. The zero-order valence-corrected chi connectivity index (χ0v) is 20.1. The van der Waals surface area contributed by atoms with Crippen molar-refractivity contribution in [3.05, 3.63) is 47.3 Å². The van der Waals surface area contributed by atoms with Gasteiger partial charge in [0, 0.05) is 44.0 Å². The molecule has 7 nitrogen and oxygen atoms in total. The first-order chi connectivity index (χ1) is 14.0. The van der Waals surface area contributed by atoms with Gasteiger partial charge in [-0.1, -0.05) is 18.2 Å². The molecule has 2 aromatic rings. The second-order valence-electron chi connectivity index (χ2n) is 8.18. The van der Waals surface area contributed by atoms with Gasteiger partial charge < -0.3 is 16.0 Å². The molecular weight excluding hydrogens is 491 g/mol. The SMILES string of the molecule is CN=C(NCCC1C(=O)Nc2ccccc21)NC1CCc2cn(C(C)C)nc2C1.I. The lowest BCUT2D eigenvalue weighted by atomic mass is 9.94. The standard InChI is InChI=1S/C22H30N6O.HI/c1-14(2)28-13-15-8-9-16(12-20(15)27-28)25-22(23-3)24-11-10-18-17-6-4-5-7-19(17)26-21(18)29;/h4-7,13-14,16,18H,8-12H2,1-3H3,(H,26,29)(H2,23,24,25);1H. The molecule has 0 saturated carbocycles. The number of guanidine groups is 1. The van der Waals surface area contributed by atoms with Crippen LogP contribution < -0.4 is 16.0 Å². The number of anilines is 1. The minimum absolute atomic E-state index is 0. The Labute approximate surface area is 195 Å². The summed E-state index contributed by atoms with van der Waals surface area (Å²) >= 11 is 0. The average Bonchev–Trinajstić information content (AvgIpc) is 3.28. The summed E-state index contributed by atoms with van der Waals surface area (Å²) in [6, 6.07) is 8.63. The molecule has 0 radical (unpaired) electrons. The van der Waals surface area contributed by atoms with Crippen LogP contribution in [0.5, 0.6) is 0 Å². The number of aliphatic imine (C=N–C) groups is 1. The third-order valence-corrected chi connectivity index (χ3v) is 5.83. The molecule has 162 valence electrons. The fourth-order valence-corrected chi connectivity index (χ4v) is 4.19. The predicted molar refractivity (Wildman–Crippen MR) is 131 cm³/mol. The van der Waals surface area contributed by atoms with Gasteiger partial charge in [-0.2, -0.15) is 5.10 Å². The minimum atomic E-state index is -0.103. The number of nitrogens with one attached hydrogen (secondary N) is 3. The molecule has 8 heteroatoms. The van der Waals surface area contributed by atoms with Crippen molar-refractivity contribution < 1.29 is 4.79 Å². The molecule has 1 aliphatic heterocycles. The maximum Gasteiger partial charge on any atom is 0.232 e. The Hall–Kier alpha value is -2.10. The fourth-order valence-electron chi connectivity index (χ4n) is 4.19. The van der Waals surface area contributed by atoms with E-state index in [0.717, 1.165) is 42.9 Å². The molecule has 0 spiro atoms. The Kier molecular flexibility index (Phi) is 7.38. The Bertz CT molecular complexity index is 922. The first kappa shape index (κ1) is 22.6. The first-order valence-electron chi connectivity index (χ1n) is 10.5. The Morgan fingerprint density at radius 1 is 1.37 bits per heavy atom. The molecule has 2 aliphatic rings. The highest BCUT2D eigenvalue weighted by molar-refractivity contribution is 14.0. The van der Waals surface area contributed by atoms with Gasteiger partial charge in [-0.3, -0.25) is 14.5 Å². The number of halogens is 1. The van der Waals surface area contributed by atoms with Crippen molar-refractivity contribution >= 4 is 41.5 Å². The second kappa shape index (κ2) is 9.80. The number of benzene rings is 1. The van der Waals surface area contributed by atoms with Crippen LogP contribution in [0, 0.1) is 0 Å². The van der Waals surface area contributed by atoms with Crippen LogP contribution >= 0.6 is 24.0 Å². The first-order valence-corrected chi connectivity index (χ1v) is 10.5. The van der Waals surface area contributed by atoms with Gasteiger partial charge in [-0.25, -0.2) is 0 Å². The normalized spacial score (nSPS) is 20.3. The molecule has 1 aromatic carbocycles. The van der Waals surface area contributed by atoms with Crippen molar-refractivity contribution in [2.75, 3.05) is 18.9 Å². The number of carbonyl (C=O) groups excluding carboxylic acids is 1. The van der Waals surface area contributed by atoms with Crippen molar-refractivity contribution in [3.63, 3.8) is 0 Å². The summed E-state index contributed by atoms with van der Waals surface area (Å²) in [5.74, 6) is 0.763. The molecule has 3 N–H and O–H groups in total. The van der Waals surface area contributed by atoms with Crippen molar-refractivity contribution in [3.8, 4) is 0 Å².